The van der Waals surface area contributed by atoms with Crippen molar-refractivity contribution >= 4 is 11.9 Å². The van der Waals surface area contributed by atoms with Gasteiger partial charge in [-0.3, -0.25) is 9.59 Å². The van der Waals surface area contributed by atoms with Crippen molar-refractivity contribution in [1.29, 1.82) is 0 Å². The Morgan fingerprint density at radius 3 is 2.08 bits per heavy atom. The molecule has 0 radical (unpaired) electrons. The van der Waals surface area contributed by atoms with Crippen molar-refractivity contribution in [3.8, 4) is 0 Å². The summed E-state index contributed by atoms with van der Waals surface area (Å²) in [5, 5.41) is 17.2. The molecule has 0 fully saturated rings. The van der Waals surface area contributed by atoms with Crippen molar-refractivity contribution in [2.45, 2.75) is 19.8 Å². The molecule has 0 atom stereocenters. The normalized spacial score (nSPS) is 10.8. The van der Waals surface area contributed by atoms with Crippen LogP contribution in [0.1, 0.15) is 19.8 Å². The SMILES string of the molecule is C=CCCC(C)(C(=O)O)C(=O)O. The predicted molar refractivity (Wildman–Crippen MR) is 42.8 cm³/mol. The Balaban J connectivity index is 4.50. The molecular formula is C8H12O4. The van der Waals surface area contributed by atoms with Gasteiger partial charge >= 0.3 is 11.9 Å². The number of carbonyl (C=O) groups is 2. The fourth-order valence-corrected chi connectivity index (χ4v) is 0.696. The van der Waals surface area contributed by atoms with Crippen LogP contribution < -0.4 is 0 Å². The number of rotatable bonds is 5. The Labute approximate surface area is 70.5 Å². The van der Waals surface area contributed by atoms with E-state index in [0.717, 1.165) is 0 Å². The second kappa shape index (κ2) is 3.90. The highest BCUT2D eigenvalue weighted by Crippen LogP contribution is 2.23. The quantitative estimate of drug-likeness (QED) is 0.481. The van der Waals surface area contributed by atoms with Crippen LogP contribution in [0.5, 0.6) is 0 Å². The van der Waals surface area contributed by atoms with Gasteiger partial charge in [0.05, 0.1) is 0 Å². The first-order valence-corrected chi connectivity index (χ1v) is 3.53. The number of allylic oxidation sites excluding steroid dienone is 1. The number of hydrogen-bond donors (Lipinski definition) is 2. The van der Waals surface area contributed by atoms with Crippen LogP contribution >= 0.6 is 0 Å². The van der Waals surface area contributed by atoms with Crippen molar-refractivity contribution in [2.24, 2.45) is 5.41 Å². The maximum absolute atomic E-state index is 10.6. The zero-order valence-electron chi connectivity index (χ0n) is 6.91. The van der Waals surface area contributed by atoms with Gasteiger partial charge in [0.25, 0.3) is 0 Å². The zero-order chi connectivity index (χ0) is 9.78. The molecular weight excluding hydrogens is 160 g/mol. The molecule has 4 nitrogen and oxygen atoms in total. The van der Waals surface area contributed by atoms with E-state index in [-0.39, 0.29) is 6.42 Å². The topological polar surface area (TPSA) is 74.6 Å². The Hall–Kier alpha value is -1.32. The first kappa shape index (κ1) is 10.7. The van der Waals surface area contributed by atoms with Crippen LogP contribution in [0.3, 0.4) is 0 Å². The number of carboxylic acid groups (broad SMARTS) is 2. The highest BCUT2D eigenvalue weighted by molar-refractivity contribution is 5.97. The fraction of sp³-hybridized carbons (Fsp3) is 0.500. The maximum Gasteiger partial charge on any atom is 0.320 e. The standard InChI is InChI=1S/C8H12O4/c1-3-4-5-8(2,6(9)10)7(11)12/h3H,1,4-5H2,2H3,(H,9,10)(H,11,12). The number of carboxylic acids is 2. The van der Waals surface area contributed by atoms with Gasteiger partial charge in [-0.05, 0) is 19.8 Å². The van der Waals surface area contributed by atoms with Gasteiger partial charge in [-0.15, -0.1) is 6.58 Å². The third-order valence-corrected chi connectivity index (χ3v) is 1.79. The van der Waals surface area contributed by atoms with E-state index in [4.69, 9.17) is 10.2 Å². The molecule has 0 saturated carbocycles. The molecule has 68 valence electrons. The summed E-state index contributed by atoms with van der Waals surface area (Å²) in [5.41, 5.74) is -1.69. The Morgan fingerprint density at radius 2 is 1.83 bits per heavy atom. The van der Waals surface area contributed by atoms with Gasteiger partial charge in [0.15, 0.2) is 5.41 Å². The second-order valence-corrected chi connectivity index (χ2v) is 2.77. The third kappa shape index (κ3) is 2.08. The summed E-state index contributed by atoms with van der Waals surface area (Å²) in [4.78, 5) is 21.1. The largest absolute Gasteiger partial charge is 0.480 e. The lowest BCUT2D eigenvalue weighted by atomic mass is 9.86. The van der Waals surface area contributed by atoms with E-state index in [1.165, 1.54) is 13.0 Å². The van der Waals surface area contributed by atoms with Crippen molar-refractivity contribution < 1.29 is 19.8 Å². The molecule has 0 amide bonds. The van der Waals surface area contributed by atoms with Crippen molar-refractivity contribution in [3.63, 3.8) is 0 Å². The summed E-state index contributed by atoms with van der Waals surface area (Å²) in [7, 11) is 0. The smallest absolute Gasteiger partial charge is 0.320 e. The minimum atomic E-state index is -1.69. The number of hydrogen-bond acceptors (Lipinski definition) is 2. The molecule has 0 aromatic rings. The van der Waals surface area contributed by atoms with E-state index in [2.05, 4.69) is 6.58 Å². The Bertz CT molecular complexity index is 193. The van der Waals surface area contributed by atoms with E-state index in [1.807, 2.05) is 0 Å². The second-order valence-electron chi connectivity index (χ2n) is 2.77. The molecule has 0 aliphatic rings. The number of aliphatic carboxylic acids is 2. The third-order valence-electron chi connectivity index (χ3n) is 1.79. The summed E-state index contributed by atoms with van der Waals surface area (Å²) in [6.45, 7) is 4.59. The molecule has 0 aliphatic carbocycles. The van der Waals surface area contributed by atoms with E-state index in [9.17, 15) is 9.59 Å². The van der Waals surface area contributed by atoms with Gasteiger partial charge in [-0.2, -0.15) is 0 Å². The minimum Gasteiger partial charge on any atom is -0.480 e. The summed E-state index contributed by atoms with van der Waals surface area (Å²) in [6.07, 6.45) is 1.96. The molecule has 4 heteroatoms. The van der Waals surface area contributed by atoms with Gasteiger partial charge in [0.1, 0.15) is 0 Å². The molecule has 2 N–H and O–H groups in total. The predicted octanol–water partition coefficient (Wildman–Crippen LogP) is 1.13. The molecule has 0 bridgehead atoms. The molecule has 0 rings (SSSR count). The lowest BCUT2D eigenvalue weighted by Crippen LogP contribution is -2.36. The summed E-state index contributed by atoms with van der Waals surface area (Å²) < 4.78 is 0. The van der Waals surface area contributed by atoms with Gasteiger partial charge in [-0.25, -0.2) is 0 Å². The average Bonchev–Trinajstić information content (AvgIpc) is 1.99. The van der Waals surface area contributed by atoms with E-state index in [0.29, 0.717) is 6.42 Å². The van der Waals surface area contributed by atoms with E-state index < -0.39 is 17.4 Å². The van der Waals surface area contributed by atoms with Crippen LogP contribution in [0.4, 0.5) is 0 Å². The van der Waals surface area contributed by atoms with Crippen LogP contribution in [-0.4, -0.2) is 22.2 Å². The molecule has 12 heavy (non-hydrogen) atoms. The minimum absolute atomic E-state index is 0.0706. The first-order valence-electron chi connectivity index (χ1n) is 3.53. The highest BCUT2D eigenvalue weighted by atomic mass is 16.4. The van der Waals surface area contributed by atoms with Gasteiger partial charge in [0.2, 0.25) is 0 Å². The lowest BCUT2D eigenvalue weighted by molar-refractivity contribution is -0.163. The Kier molecular flexibility index (Phi) is 3.47. The van der Waals surface area contributed by atoms with Crippen LogP contribution in [0, 0.1) is 5.41 Å². The lowest BCUT2D eigenvalue weighted by Gasteiger charge is -2.17. The van der Waals surface area contributed by atoms with Gasteiger partial charge in [0, 0.05) is 0 Å². The first-order chi connectivity index (χ1) is 5.45. The Morgan fingerprint density at radius 1 is 1.42 bits per heavy atom. The van der Waals surface area contributed by atoms with Gasteiger partial charge < -0.3 is 10.2 Å². The summed E-state index contributed by atoms with van der Waals surface area (Å²) >= 11 is 0. The van der Waals surface area contributed by atoms with Crippen molar-refractivity contribution in [1.82, 2.24) is 0 Å². The van der Waals surface area contributed by atoms with Crippen molar-refractivity contribution in [3.05, 3.63) is 12.7 Å². The fourth-order valence-electron chi connectivity index (χ4n) is 0.696. The van der Waals surface area contributed by atoms with Crippen LogP contribution in [0.15, 0.2) is 12.7 Å². The molecule has 0 heterocycles. The van der Waals surface area contributed by atoms with Crippen LogP contribution in [0.25, 0.3) is 0 Å². The van der Waals surface area contributed by atoms with Gasteiger partial charge in [-0.1, -0.05) is 6.08 Å². The molecule has 0 aromatic heterocycles. The van der Waals surface area contributed by atoms with Crippen molar-refractivity contribution in [2.75, 3.05) is 0 Å². The molecule has 0 saturated heterocycles. The summed E-state index contributed by atoms with van der Waals surface area (Å²) in [6, 6.07) is 0. The van der Waals surface area contributed by atoms with E-state index in [1.54, 1.807) is 0 Å². The van der Waals surface area contributed by atoms with E-state index >= 15 is 0 Å². The molecule has 0 spiro atoms. The maximum atomic E-state index is 10.6. The molecule has 0 aromatic carbocycles. The van der Waals surface area contributed by atoms with Crippen LogP contribution in [-0.2, 0) is 9.59 Å². The monoisotopic (exact) mass is 172 g/mol. The highest BCUT2D eigenvalue weighted by Gasteiger charge is 2.40. The summed E-state index contributed by atoms with van der Waals surface area (Å²) in [5.74, 6) is -2.62. The zero-order valence-corrected chi connectivity index (χ0v) is 6.91. The molecule has 0 unspecified atom stereocenters. The average molecular weight is 172 g/mol. The van der Waals surface area contributed by atoms with Crippen LogP contribution in [0.2, 0.25) is 0 Å². The molecule has 0 aliphatic heterocycles.